The molecule has 21 heavy (non-hydrogen) atoms. The van der Waals surface area contributed by atoms with E-state index in [1.54, 1.807) is 0 Å². The van der Waals surface area contributed by atoms with Gasteiger partial charge in [-0.3, -0.25) is 4.79 Å². The lowest BCUT2D eigenvalue weighted by molar-refractivity contribution is -0.118. The Balaban J connectivity index is 1.69. The van der Waals surface area contributed by atoms with Crippen LogP contribution in [0.2, 0.25) is 0 Å². The van der Waals surface area contributed by atoms with Gasteiger partial charge >= 0.3 is 0 Å². The van der Waals surface area contributed by atoms with Gasteiger partial charge in [-0.25, -0.2) is 0 Å². The van der Waals surface area contributed by atoms with Gasteiger partial charge in [0.15, 0.2) is 0 Å². The van der Waals surface area contributed by atoms with E-state index in [9.17, 15) is 4.79 Å². The Labute approximate surface area is 125 Å². The molecule has 0 fully saturated rings. The fourth-order valence-electron chi connectivity index (χ4n) is 2.74. The third-order valence-electron chi connectivity index (χ3n) is 4.00. The Morgan fingerprint density at radius 2 is 2.00 bits per heavy atom. The molecule has 2 aromatic carbocycles. The summed E-state index contributed by atoms with van der Waals surface area (Å²) in [5, 5.41) is 6.33. The van der Waals surface area contributed by atoms with Gasteiger partial charge in [0.1, 0.15) is 0 Å². The number of benzene rings is 2. The van der Waals surface area contributed by atoms with Crippen LogP contribution < -0.4 is 10.6 Å². The van der Waals surface area contributed by atoms with E-state index >= 15 is 0 Å². The molecule has 0 saturated heterocycles. The molecule has 0 saturated carbocycles. The van der Waals surface area contributed by atoms with E-state index in [0.29, 0.717) is 0 Å². The van der Waals surface area contributed by atoms with Crippen LogP contribution >= 0.6 is 0 Å². The van der Waals surface area contributed by atoms with E-state index in [0.717, 1.165) is 25.1 Å². The summed E-state index contributed by atoms with van der Waals surface area (Å²) in [6.45, 7) is 2.86. The normalized spacial score (nSPS) is 17.1. The summed E-state index contributed by atoms with van der Waals surface area (Å²) < 4.78 is 0. The third-order valence-corrected chi connectivity index (χ3v) is 4.00. The van der Waals surface area contributed by atoms with Crippen molar-refractivity contribution in [2.75, 3.05) is 5.32 Å². The van der Waals surface area contributed by atoms with Crippen molar-refractivity contribution in [2.24, 2.45) is 0 Å². The lowest BCUT2D eigenvalue weighted by Crippen LogP contribution is -2.44. The predicted molar refractivity (Wildman–Crippen MR) is 85.2 cm³/mol. The van der Waals surface area contributed by atoms with E-state index in [4.69, 9.17) is 0 Å². The van der Waals surface area contributed by atoms with Gasteiger partial charge < -0.3 is 10.6 Å². The fourth-order valence-corrected chi connectivity index (χ4v) is 2.74. The standard InChI is InChI=1S/C18H20N2O/c1-2-13-6-5-9-16(10-13)20-18(21)17-11-14-7-3-4-8-15(14)12-19-17/h3-10,17,19H,2,11-12H2,1H3,(H,20,21). The first kappa shape index (κ1) is 13.8. The summed E-state index contributed by atoms with van der Waals surface area (Å²) in [4.78, 5) is 12.4. The Hall–Kier alpha value is -2.13. The molecule has 108 valence electrons. The molecule has 0 aliphatic carbocycles. The zero-order valence-corrected chi connectivity index (χ0v) is 12.2. The number of aryl methyl sites for hydroxylation is 1. The average molecular weight is 280 g/mol. The molecule has 1 aliphatic rings. The van der Waals surface area contributed by atoms with Crippen LogP contribution in [0.25, 0.3) is 0 Å². The molecule has 3 heteroatoms. The molecule has 0 radical (unpaired) electrons. The second kappa shape index (κ2) is 6.10. The lowest BCUT2D eigenvalue weighted by atomic mass is 9.95. The van der Waals surface area contributed by atoms with Crippen LogP contribution in [0.5, 0.6) is 0 Å². The summed E-state index contributed by atoms with van der Waals surface area (Å²) in [5.74, 6) is 0.0396. The summed E-state index contributed by atoms with van der Waals surface area (Å²) in [6.07, 6.45) is 1.72. The summed E-state index contributed by atoms with van der Waals surface area (Å²) in [5.41, 5.74) is 4.66. The zero-order chi connectivity index (χ0) is 14.7. The first-order chi connectivity index (χ1) is 10.3. The highest BCUT2D eigenvalue weighted by molar-refractivity contribution is 5.95. The maximum absolute atomic E-state index is 12.4. The number of nitrogens with one attached hydrogen (secondary N) is 2. The molecule has 1 atom stereocenters. The molecule has 3 rings (SSSR count). The van der Waals surface area contributed by atoms with Crippen molar-refractivity contribution in [3.63, 3.8) is 0 Å². The van der Waals surface area contributed by atoms with Gasteiger partial charge in [-0.1, -0.05) is 43.3 Å². The van der Waals surface area contributed by atoms with Crippen LogP contribution in [0, 0.1) is 0 Å². The molecule has 0 bridgehead atoms. The molecule has 2 N–H and O–H groups in total. The van der Waals surface area contributed by atoms with Crippen LogP contribution in [0.4, 0.5) is 5.69 Å². The van der Waals surface area contributed by atoms with E-state index in [2.05, 4.69) is 35.8 Å². The first-order valence-corrected chi connectivity index (χ1v) is 7.46. The molecule has 0 aromatic heterocycles. The summed E-state index contributed by atoms with van der Waals surface area (Å²) >= 11 is 0. The highest BCUT2D eigenvalue weighted by Crippen LogP contribution is 2.18. The quantitative estimate of drug-likeness (QED) is 0.907. The number of rotatable bonds is 3. The minimum absolute atomic E-state index is 0.0396. The van der Waals surface area contributed by atoms with Gasteiger partial charge in [0, 0.05) is 12.2 Å². The van der Waals surface area contributed by atoms with Crippen LogP contribution in [0.3, 0.4) is 0 Å². The van der Waals surface area contributed by atoms with Crippen LogP contribution in [-0.2, 0) is 24.2 Å². The average Bonchev–Trinajstić information content (AvgIpc) is 2.54. The lowest BCUT2D eigenvalue weighted by Gasteiger charge is -2.25. The minimum atomic E-state index is -0.162. The van der Waals surface area contributed by atoms with Crippen molar-refractivity contribution in [1.82, 2.24) is 5.32 Å². The number of amides is 1. The SMILES string of the molecule is CCc1cccc(NC(=O)C2Cc3ccccc3CN2)c1. The molecule has 1 unspecified atom stereocenters. The molecule has 3 nitrogen and oxygen atoms in total. The predicted octanol–water partition coefficient (Wildman–Crippen LogP) is 2.90. The zero-order valence-electron chi connectivity index (χ0n) is 12.2. The van der Waals surface area contributed by atoms with Crippen molar-refractivity contribution in [1.29, 1.82) is 0 Å². The maximum atomic E-state index is 12.4. The number of fused-ring (bicyclic) bond motifs is 1. The van der Waals surface area contributed by atoms with E-state index in [1.807, 2.05) is 30.3 Å². The number of carbonyl (C=O) groups is 1. The number of hydrogen-bond donors (Lipinski definition) is 2. The first-order valence-electron chi connectivity index (χ1n) is 7.46. The van der Waals surface area contributed by atoms with Crippen molar-refractivity contribution < 1.29 is 4.79 Å². The van der Waals surface area contributed by atoms with E-state index in [1.165, 1.54) is 16.7 Å². The number of anilines is 1. The maximum Gasteiger partial charge on any atom is 0.241 e. The molecule has 0 spiro atoms. The summed E-state index contributed by atoms with van der Waals surface area (Å²) in [6, 6.07) is 16.2. The van der Waals surface area contributed by atoms with E-state index in [-0.39, 0.29) is 11.9 Å². The number of carbonyl (C=O) groups excluding carboxylic acids is 1. The van der Waals surface area contributed by atoms with Gasteiger partial charge in [-0.15, -0.1) is 0 Å². The largest absolute Gasteiger partial charge is 0.325 e. The smallest absolute Gasteiger partial charge is 0.241 e. The second-order valence-electron chi connectivity index (χ2n) is 5.45. The minimum Gasteiger partial charge on any atom is -0.325 e. The monoisotopic (exact) mass is 280 g/mol. The van der Waals surface area contributed by atoms with Crippen LogP contribution in [-0.4, -0.2) is 11.9 Å². The van der Waals surface area contributed by atoms with Gasteiger partial charge in [0.05, 0.1) is 6.04 Å². The van der Waals surface area contributed by atoms with Gasteiger partial charge in [0.2, 0.25) is 5.91 Å². The van der Waals surface area contributed by atoms with Gasteiger partial charge in [0.25, 0.3) is 0 Å². The summed E-state index contributed by atoms with van der Waals surface area (Å²) in [7, 11) is 0. The van der Waals surface area contributed by atoms with Gasteiger partial charge in [-0.2, -0.15) is 0 Å². The molecule has 1 heterocycles. The Morgan fingerprint density at radius 3 is 2.81 bits per heavy atom. The molecular formula is C18H20N2O. The van der Waals surface area contributed by atoms with Crippen molar-refractivity contribution in [2.45, 2.75) is 32.4 Å². The third kappa shape index (κ3) is 3.14. The Morgan fingerprint density at radius 1 is 1.19 bits per heavy atom. The molecular weight excluding hydrogens is 260 g/mol. The van der Waals surface area contributed by atoms with Crippen LogP contribution in [0.1, 0.15) is 23.6 Å². The van der Waals surface area contributed by atoms with Crippen LogP contribution in [0.15, 0.2) is 48.5 Å². The molecule has 2 aromatic rings. The highest BCUT2D eigenvalue weighted by Gasteiger charge is 2.23. The molecule has 1 amide bonds. The molecule has 1 aliphatic heterocycles. The van der Waals surface area contributed by atoms with Gasteiger partial charge in [-0.05, 0) is 41.7 Å². The van der Waals surface area contributed by atoms with Crippen molar-refractivity contribution >= 4 is 11.6 Å². The second-order valence-corrected chi connectivity index (χ2v) is 5.45. The Bertz CT molecular complexity index is 651. The number of hydrogen-bond acceptors (Lipinski definition) is 2. The van der Waals surface area contributed by atoms with Crippen molar-refractivity contribution in [3.05, 3.63) is 65.2 Å². The van der Waals surface area contributed by atoms with E-state index < -0.39 is 0 Å². The van der Waals surface area contributed by atoms with Crippen molar-refractivity contribution in [3.8, 4) is 0 Å². The Kier molecular flexibility index (Phi) is 4.02. The topological polar surface area (TPSA) is 41.1 Å². The highest BCUT2D eigenvalue weighted by atomic mass is 16.2. The fraction of sp³-hybridized carbons (Fsp3) is 0.278.